The van der Waals surface area contributed by atoms with Gasteiger partial charge in [-0.2, -0.15) is 0 Å². The first-order chi connectivity index (χ1) is 16.3. The summed E-state index contributed by atoms with van der Waals surface area (Å²) in [6.07, 6.45) is 18.6. The van der Waals surface area contributed by atoms with Gasteiger partial charge in [-0.05, 0) is 6.42 Å². The molecule has 0 unspecified atom stereocenters. The molecule has 0 radical (unpaired) electrons. The second kappa shape index (κ2) is 16.5. The minimum Gasteiger partial charge on any atom is -0.467 e. The Bertz CT molecular complexity index is 561. The van der Waals surface area contributed by atoms with Gasteiger partial charge in [-0.3, -0.25) is 9.69 Å². The van der Waals surface area contributed by atoms with Gasteiger partial charge in [-0.15, -0.1) is 0 Å². The molecule has 1 N–H and O–H groups in total. The highest BCUT2D eigenvalue weighted by Gasteiger charge is 2.60. The zero-order chi connectivity index (χ0) is 25.5. The van der Waals surface area contributed by atoms with Gasteiger partial charge in [0.25, 0.3) is 0 Å². The lowest BCUT2D eigenvalue weighted by atomic mass is 9.86. The Balaban J connectivity index is 2.26. The van der Waals surface area contributed by atoms with Gasteiger partial charge >= 0.3 is 5.97 Å². The Morgan fingerprint density at radius 3 is 1.79 bits per heavy atom. The molecule has 3 atom stereocenters. The highest BCUT2D eigenvalue weighted by molar-refractivity contribution is 5.85. The number of hydrogen-bond donors (Lipinski definition) is 1. The van der Waals surface area contributed by atoms with E-state index in [1.807, 2.05) is 20.8 Å². The number of carbonyl (C=O) groups is 2. The van der Waals surface area contributed by atoms with E-state index in [1.165, 1.54) is 89.1 Å². The maximum Gasteiger partial charge on any atom is 0.337 e. The van der Waals surface area contributed by atoms with E-state index >= 15 is 0 Å². The molecule has 0 saturated carbocycles. The van der Waals surface area contributed by atoms with Crippen molar-refractivity contribution >= 4 is 12.4 Å². The van der Waals surface area contributed by atoms with Gasteiger partial charge in [-0.1, -0.05) is 124 Å². The molecule has 1 rings (SSSR count). The van der Waals surface area contributed by atoms with Gasteiger partial charge in [0.1, 0.15) is 6.23 Å². The molecule has 1 heterocycles. The van der Waals surface area contributed by atoms with Gasteiger partial charge in [0.15, 0.2) is 5.54 Å². The van der Waals surface area contributed by atoms with E-state index in [-0.39, 0.29) is 12.0 Å². The van der Waals surface area contributed by atoms with Crippen LogP contribution in [0.25, 0.3) is 0 Å². The molecule has 0 bridgehead atoms. The fraction of sp³-hybridized carbons (Fsp3) is 0.929. The minimum absolute atomic E-state index is 0.0414. The second-order valence-electron chi connectivity index (χ2n) is 11.2. The lowest BCUT2D eigenvalue weighted by molar-refractivity contribution is -0.167. The van der Waals surface area contributed by atoms with Crippen molar-refractivity contribution in [3.05, 3.63) is 0 Å². The van der Waals surface area contributed by atoms with Gasteiger partial charge in [0, 0.05) is 5.41 Å². The van der Waals surface area contributed by atoms with Crippen molar-refractivity contribution in [2.45, 2.75) is 148 Å². The first-order valence-electron chi connectivity index (χ1n) is 13.9. The van der Waals surface area contributed by atoms with E-state index in [2.05, 4.69) is 6.92 Å². The Kier molecular flexibility index (Phi) is 15.0. The number of nitrogens with zero attached hydrogens (tertiary/aromatic N) is 1. The van der Waals surface area contributed by atoms with Crippen molar-refractivity contribution in [3.8, 4) is 0 Å². The summed E-state index contributed by atoms with van der Waals surface area (Å²) in [6, 6.07) is 0. The number of carbonyl (C=O) groups excluding carboxylic acids is 2. The second-order valence-corrected chi connectivity index (χ2v) is 11.2. The molecule has 0 aromatic carbocycles. The number of ether oxygens (including phenoxy) is 2. The van der Waals surface area contributed by atoms with E-state index in [9.17, 15) is 14.7 Å². The normalized spacial score (nSPS) is 21.6. The van der Waals surface area contributed by atoms with Crippen molar-refractivity contribution in [3.63, 3.8) is 0 Å². The Labute approximate surface area is 209 Å². The number of aliphatic hydroxyl groups excluding tert-OH is 1. The third-order valence-corrected chi connectivity index (χ3v) is 7.20. The number of aliphatic hydroxyl groups is 1. The van der Waals surface area contributed by atoms with Crippen molar-refractivity contribution < 1.29 is 24.2 Å². The molecule has 6 heteroatoms. The standard InChI is InChI=1S/C28H53NO5/c1-6-7-8-9-10-11-12-13-14-15-16-17-18-19-20-21-24(31)28(26(32)33-5)22-34-25(27(2,3)4)29(28)23-30/h23-25,31H,6-22H2,1-5H3/t24-,25+,28+/m1/s1. The number of unbranched alkanes of at least 4 members (excludes halogenated alkanes) is 14. The third kappa shape index (κ3) is 9.49. The summed E-state index contributed by atoms with van der Waals surface area (Å²) in [5.41, 5.74) is -1.85. The molecule has 200 valence electrons. The predicted molar refractivity (Wildman–Crippen MR) is 137 cm³/mol. The lowest BCUT2D eigenvalue weighted by Gasteiger charge is -2.40. The summed E-state index contributed by atoms with van der Waals surface area (Å²) in [7, 11) is 1.29. The number of hydrogen-bond acceptors (Lipinski definition) is 5. The van der Waals surface area contributed by atoms with E-state index in [4.69, 9.17) is 9.47 Å². The fourth-order valence-electron chi connectivity index (χ4n) is 5.08. The SMILES string of the molecule is CCCCCCCCCCCCCCCCC[C@@H](O)[C@]1(C(=O)OC)CO[C@@H](C(C)(C)C)N1C=O. The molecular formula is C28H53NO5. The molecule has 0 spiro atoms. The zero-order valence-corrected chi connectivity index (χ0v) is 22.8. The van der Waals surface area contributed by atoms with Crippen LogP contribution in [0.2, 0.25) is 0 Å². The summed E-state index contributed by atoms with van der Waals surface area (Å²) in [5, 5.41) is 11.0. The Morgan fingerprint density at radius 2 is 1.41 bits per heavy atom. The van der Waals surface area contributed by atoms with E-state index in [0.29, 0.717) is 12.8 Å². The van der Waals surface area contributed by atoms with E-state index in [1.54, 1.807) is 0 Å². The molecule has 1 aliphatic rings. The molecular weight excluding hydrogens is 430 g/mol. The van der Waals surface area contributed by atoms with Crippen LogP contribution >= 0.6 is 0 Å². The maximum absolute atomic E-state index is 12.7. The molecule has 1 saturated heterocycles. The van der Waals surface area contributed by atoms with Crippen LogP contribution in [0, 0.1) is 5.41 Å². The van der Waals surface area contributed by atoms with Gasteiger partial charge in [0.2, 0.25) is 6.41 Å². The lowest BCUT2D eigenvalue weighted by Crippen LogP contribution is -2.63. The third-order valence-electron chi connectivity index (χ3n) is 7.20. The smallest absolute Gasteiger partial charge is 0.337 e. The van der Waals surface area contributed by atoms with Crippen LogP contribution in [-0.4, -0.2) is 54.0 Å². The zero-order valence-electron chi connectivity index (χ0n) is 22.8. The number of methoxy groups -OCH3 is 1. The van der Waals surface area contributed by atoms with Crippen LogP contribution in [0.1, 0.15) is 130 Å². The van der Waals surface area contributed by atoms with Crippen molar-refractivity contribution in [1.82, 2.24) is 4.90 Å². The van der Waals surface area contributed by atoms with Crippen LogP contribution < -0.4 is 0 Å². The van der Waals surface area contributed by atoms with Crippen LogP contribution in [0.4, 0.5) is 0 Å². The average molecular weight is 484 g/mol. The molecule has 1 fully saturated rings. The van der Waals surface area contributed by atoms with Gasteiger partial charge in [0.05, 0.1) is 19.8 Å². The molecule has 1 aliphatic heterocycles. The minimum atomic E-state index is -1.47. The maximum atomic E-state index is 12.7. The summed E-state index contributed by atoms with van der Waals surface area (Å²) < 4.78 is 10.8. The molecule has 0 aliphatic carbocycles. The van der Waals surface area contributed by atoms with Crippen LogP contribution in [0.5, 0.6) is 0 Å². The Hall–Kier alpha value is -1.14. The number of amides is 1. The van der Waals surface area contributed by atoms with E-state index in [0.717, 1.165) is 19.3 Å². The molecule has 0 aromatic rings. The molecule has 0 aromatic heterocycles. The highest BCUT2D eigenvalue weighted by Crippen LogP contribution is 2.39. The van der Waals surface area contributed by atoms with Gasteiger partial charge < -0.3 is 14.6 Å². The van der Waals surface area contributed by atoms with Crippen molar-refractivity contribution in [1.29, 1.82) is 0 Å². The van der Waals surface area contributed by atoms with Crippen molar-refractivity contribution in [2.75, 3.05) is 13.7 Å². The van der Waals surface area contributed by atoms with Gasteiger partial charge in [-0.25, -0.2) is 4.79 Å². The summed E-state index contributed by atoms with van der Waals surface area (Å²) in [5.74, 6) is -0.611. The first kappa shape index (κ1) is 30.9. The first-order valence-corrected chi connectivity index (χ1v) is 13.9. The Morgan fingerprint density at radius 1 is 0.971 bits per heavy atom. The summed E-state index contributed by atoms with van der Waals surface area (Å²) >= 11 is 0. The highest BCUT2D eigenvalue weighted by atomic mass is 16.6. The number of esters is 1. The average Bonchev–Trinajstić information content (AvgIpc) is 3.22. The quantitative estimate of drug-likeness (QED) is 0.131. The molecule has 34 heavy (non-hydrogen) atoms. The van der Waals surface area contributed by atoms with Crippen LogP contribution in [0.3, 0.4) is 0 Å². The predicted octanol–water partition coefficient (Wildman–Crippen LogP) is 6.38. The number of rotatable bonds is 19. The largest absolute Gasteiger partial charge is 0.467 e. The summed E-state index contributed by atoms with van der Waals surface area (Å²) in [4.78, 5) is 26.0. The van der Waals surface area contributed by atoms with Crippen molar-refractivity contribution in [2.24, 2.45) is 5.41 Å². The molecule has 1 amide bonds. The van der Waals surface area contributed by atoms with Crippen LogP contribution in [-0.2, 0) is 19.1 Å². The monoisotopic (exact) mass is 483 g/mol. The fourth-order valence-corrected chi connectivity index (χ4v) is 5.08. The topological polar surface area (TPSA) is 76.1 Å². The molecule has 6 nitrogen and oxygen atoms in total. The summed E-state index contributed by atoms with van der Waals surface area (Å²) in [6.45, 7) is 8.06. The van der Waals surface area contributed by atoms with Crippen LogP contribution in [0.15, 0.2) is 0 Å². The van der Waals surface area contributed by atoms with E-state index < -0.39 is 23.8 Å².